The summed E-state index contributed by atoms with van der Waals surface area (Å²) in [7, 11) is 5.68. The number of cyclic esters (lactones) is 1. The van der Waals surface area contributed by atoms with E-state index in [2.05, 4.69) is 0 Å². The molecule has 1 aromatic carbocycles. The first-order chi connectivity index (χ1) is 9.97. The van der Waals surface area contributed by atoms with Crippen molar-refractivity contribution in [2.24, 2.45) is 0 Å². The van der Waals surface area contributed by atoms with Crippen LogP contribution in [0.4, 0.5) is 0 Å². The summed E-state index contributed by atoms with van der Waals surface area (Å²) < 4.78 is 9.95. The number of hydrogen-bond acceptors (Lipinski definition) is 6. The number of carboxylic acids is 1. The fraction of sp³-hybridized carbons (Fsp3) is 0.308. The van der Waals surface area contributed by atoms with Crippen LogP contribution in [0.25, 0.3) is 0 Å². The molecule has 2 radical (unpaired) electrons. The molecule has 0 spiro atoms. The lowest BCUT2D eigenvalue weighted by molar-refractivity contribution is -0.147. The van der Waals surface area contributed by atoms with E-state index in [9.17, 15) is 14.4 Å². The van der Waals surface area contributed by atoms with Crippen LogP contribution in [0.1, 0.15) is 16.8 Å². The summed E-state index contributed by atoms with van der Waals surface area (Å²) in [4.78, 5) is 33.9. The maximum Gasteiger partial charge on any atom is 0.337 e. The molecule has 1 unspecified atom stereocenters. The van der Waals surface area contributed by atoms with Crippen molar-refractivity contribution in [3.05, 3.63) is 35.9 Å². The molecule has 8 heteroatoms. The smallest absolute Gasteiger partial charge is 0.337 e. The molecule has 1 aromatic rings. The molecule has 1 fully saturated rings. The van der Waals surface area contributed by atoms with Gasteiger partial charge in [-0.25, -0.2) is 4.79 Å². The maximum absolute atomic E-state index is 11.8. The van der Waals surface area contributed by atoms with Crippen LogP contribution in [0.15, 0.2) is 30.3 Å². The van der Waals surface area contributed by atoms with Crippen LogP contribution in [0, 0.1) is 0 Å². The second-order valence-electron chi connectivity index (χ2n) is 4.26. The minimum atomic E-state index is -1.16. The lowest BCUT2D eigenvalue weighted by atomic mass is 10.0. The molecular weight excluding hydrogens is 295 g/mol. The Morgan fingerprint density at radius 2 is 2.05 bits per heavy atom. The van der Waals surface area contributed by atoms with E-state index < -0.39 is 34.6 Å². The van der Waals surface area contributed by atoms with E-state index in [1.165, 1.54) is 0 Å². The molecule has 0 amide bonds. The third kappa shape index (κ3) is 4.01. The first-order valence-electron chi connectivity index (χ1n) is 6.06. The van der Waals surface area contributed by atoms with Crippen LogP contribution in [-0.2, 0) is 19.1 Å². The predicted octanol–water partition coefficient (Wildman–Crippen LogP) is 0.797. The number of carboxylic acid groups (broad SMARTS) is 1. The number of aliphatic carboxylic acids is 1. The zero-order chi connectivity index (χ0) is 15.4. The van der Waals surface area contributed by atoms with Crippen molar-refractivity contribution in [2.75, 3.05) is 0 Å². The van der Waals surface area contributed by atoms with Crippen molar-refractivity contribution in [1.29, 1.82) is 0 Å². The topological polar surface area (TPSA) is 89.9 Å². The van der Waals surface area contributed by atoms with Gasteiger partial charge in [0.1, 0.15) is 19.1 Å². The Labute approximate surface area is 126 Å². The first-order valence-corrected chi connectivity index (χ1v) is 7.01. The van der Waals surface area contributed by atoms with Gasteiger partial charge < -0.3 is 14.6 Å². The molecule has 2 rings (SSSR count). The average Bonchev–Trinajstić information content (AvgIpc) is 2.80. The Kier molecular flexibility index (Phi) is 4.90. The van der Waals surface area contributed by atoms with Gasteiger partial charge in [0.25, 0.3) is 0 Å². The second kappa shape index (κ2) is 6.67. The monoisotopic (exact) mass is 306 g/mol. The number of rotatable bonds is 5. The summed E-state index contributed by atoms with van der Waals surface area (Å²) >= 11 is 0.938. The highest BCUT2D eigenvalue weighted by molar-refractivity contribution is 8.01. The summed E-state index contributed by atoms with van der Waals surface area (Å²) in [5.74, 6) is -2.42. The van der Waals surface area contributed by atoms with Crippen molar-refractivity contribution in [3.8, 4) is 0 Å². The van der Waals surface area contributed by atoms with Gasteiger partial charge in [0, 0.05) is 0 Å². The highest BCUT2D eigenvalue weighted by Gasteiger charge is 2.40. The Morgan fingerprint density at radius 1 is 1.38 bits per heavy atom. The van der Waals surface area contributed by atoms with Crippen LogP contribution in [0.5, 0.6) is 0 Å². The molecule has 0 bridgehead atoms. The number of carbonyl (C=O) groups is 3. The van der Waals surface area contributed by atoms with Crippen molar-refractivity contribution >= 4 is 37.5 Å². The lowest BCUT2D eigenvalue weighted by Crippen LogP contribution is -2.29. The van der Waals surface area contributed by atoms with E-state index >= 15 is 0 Å². The van der Waals surface area contributed by atoms with Gasteiger partial charge in [-0.15, -0.1) is 0 Å². The van der Waals surface area contributed by atoms with E-state index in [4.69, 9.17) is 22.4 Å². The highest BCUT2D eigenvalue weighted by atomic mass is 32.2. The minimum Gasteiger partial charge on any atom is -0.481 e. The maximum atomic E-state index is 11.8. The van der Waals surface area contributed by atoms with Crippen molar-refractivity contribution < 1.29 is 29.0 Å². The van der Waals surface area contributed by atoms with Gasteiger partial charge >= 0.3 is 17.9 Å². The van der Waals surface area contributed by atoms with Crippen molar-refractivity contribution in [1.82, 2.24) is 0 Å². The largest absolute Gasteiger partial charge is 0.481 e. The molecule has 108 valence electrons. The average molecular weight is 306 g/mol. The van der Waals surface area contributed by atoms with Crippen LogP contribution in [0.3, 0.4) is 0 Å². The molecule has 0 aromatic heterocycles. The van der Waals surface area contributed by atoms with Gasteiger partial charge in [0.15, 0.2) is 5.44 Å². The molecule has 1 aliphatic rings. The van der Waals surface area contributed by atoms with Gasteiger partial charge in [-0.3, -0.25) is 9.59 Å². The summed E-state index contributed by atoms with van der Waals surface area (Å²) in [5.41, 5.74) is -0.584. The van der Waals surface area contributed by atoms with E-state index in [1.54, 1.807) is 30.3 Å². The molecule has 0 saturated carbocycles. The van der Waals surface area contributed by atoms with Gasteiger partial charge in [0.2, 0.25) is 0 Å². The SMILES string of the molecule is [B][C@H](OC(=O)c1ccccc1)C1OC(=O)[C@H](CC(=O)O)S1. The molecule has 3 atom stereocenters. The normalized spacial score (nSPS) is 22.4. The van der Waals surface area contributed by atoms with Gasteiger partial charge in [0.05, 0.1) is 12.0 Å². The fourth-order valence-corrected chi connectivity index (χ4v) is 2.78. The standard InChI is InChI=1S/C13H11BO6S/c14-10(19-11(17)7-4-2-1-3-5-7)13-20-12(18)8(21-13)6-9(15)16/h1-5,8,10,13H,6H2,(H,15,16)/t8-,10+,13?/m0/s1. The molecular formula is C13H11BO6S. The number of thioether (sulfide) groups is 1. The highest BCUT2D eigenvalue weighted by Crippen LogP contribution is 2.33. The van der Waals surface area contributed by atoms with Crippen LogP contribution >= 0.6 is 11.8 Å². The third-order valence-corrected chi connectivity index (χ3v) is 3.99. The molecule has 1 heterocycles. The quantitative estimate of drug-likeness (QED) is 0.635. The fourth-order valence-electron chi connectivity index (χ4n) is 1.69. The van der Waals surface area contributed by atoms with E-state index in [0.717, 1.165) is 11.8 Å². The Balaban J connectivity index is 1.92. The number of hydrogen-bond donors (Lipinski definition) is 1. The number of ether oxygens (including phenoxy) is 2. The van der Waals surface area contributed by atoms with E-state index in [-0.39, 0.29) is 6.42 Å². The molecule has 1 saturated heterocycles. The van der Waals surface area contributed by atoms with Gasteiger partial charge in [-0.1, -0.05) is 30.0 Å². The lowest BCUT2D eigenvalue weighted by Gasteiger charge is -2.18. The van der Waals surface area contributed by atoms with Crippen LogP contribution in [-0.4, -0.2) is 47.5 Å². The Bertz CT molecular complexity index is 549. The summed E-state index contributed by atoms with van der Waals surface area (Å²) in [5, 5.41) is 7.83. The number of carbonyl (C=O) groups excluding carboxylic acids is 2. The molecule has 1 N–H and O–H groups in total. The summed E-state index contributed by atoms with van der Waals surface area (Å²) in [6.45, 7) is 0. The predicted molar refractivity (Wildman–Crippen MR) is 74.9 cm³/mol. The third-order valence-electron chi connectivity index (χ3n) is 2.67. The van der Waals surface area contributed by atoms with E-state index in [1.807, 2.05) is 0 Å². The number of esters is 2. The molecule has 21 heavy (non-hydrogen) atoms. The first kappa shape index (κ1) is 15.4. The molecule has 6 nitrogen and oxygen atoms in total. The van der Waals surface area contributed by atoms with Crippen LogP contribution < -0.4 is 0 Å². The van der Waals surface area contributed by atoms with E-state index in [0.29, 0.717) is 5.56 Å². The minimum absolute atomic E-state index is 0.323. The summed E-state index contributed by atoms with van der Waals surface area (Å²) in [6, 6.07) is 7.07. The summed E-state index contributed by atoms with van der Waals surface area (Å²) in [6.07, 6.45) is -0.362. The number of benzene rings is 1. The zero-order valence-corrected chi connectivity index (χ0v) is 11.6. The van der Waals surface area contributed by atoms with Crippen LogP contribution in [0.2, 0.25) is 0 Å². The molecule has 0 aliphatic carbocycles. The Hall–Kier alpha value is -1.96. The van der Waals surface area contributed by atoms with Gasteiger partial charge in [-0.05, 0) is 12.1 Å². The van der Waals surface area contributed by atoms with Crippen molar-refractivity contribution in [2.45, 2.75) is 23.1 Å². The zero-order valence-electron chi connectivity index (χ0n) is 10.8. The molecule has 1 aliphatic heterocycles. The Morgan fingerprint density at radius 3 is 2.67 bits per heavy atom. The van der Waals surface area contributed by atoms with Gasteiger partial charge in [-0.2, -0.15) is 0 Å². The second-order valence-corrected chi connectivity index (χ2v) is 5.57. The van der Waals surface area contributed by atoms with Crippen molar-refractivity contribution in [3.63, 3.8) is 0 Å².